The highest BCUT2D eigenvalue weighted by molar-refractivity contribution is 6.88. The van der Waals surface area contributed by atoms with Gasteiger partial charge in [-0.2, -0.15) is 0 Å². The van der Waals surface area contributed by atoms with E-state index < -0.39 is 16.9 Å². The van der Waals surface area contributed by atoms with Crippen LogP contribution in [0.5, 0.6) is 0 Å². The molecule has 56 valence electrons. The minimum atomic E-state index is -0.764. The molecule has 1 unspecified atom stereocenters. The van der Waals surface area contributed by atoms with Crippen molar-refractivity contribution < 1.29 is 0 Å². The standard InChI is InChI=1S/C6H17ClSi2/c1-8(5-7)6-9(2,3)4/h8H,5-6H2,1-4H3. The van der Waals surface area contributed by atoms with E-state index in [-0.39, 0.29) is 0 Å². The van der Waals surface area contributed by atoms with Crippen molar-refractivity contribution in [3.05, 3.63) is 0 Å². The summed E-state index contributed by atoms with van der Waals surface area (Å²) in [6.45, 7) is 9.63. The van der Waals surface area contributed by atoms with Crippen LogP contribution in [-0.2, 0) is 0 Å². The van der Waals surface area contributed by atoms with Crippen LogP contribution in [-0.4, -0.2) is 22.4 Å². The van der Waals surface area contributed by atoms with Gasteiger partial charge < -0.3 is 0 Å². The second-order valence-electron chi connectivity index (χ2n) is 4.02. The lowest BCUT2D eigenvalue weighted by molar-refractivity contribution is 1.58. The Morgan fingerprint density at radius 1 is 1.33 bits per heavy atom. The van der Waals surface area contributed by atoms with E-state index in [0.717, 1.165) is 5.50 Å². The predicted octanol–water partition coefficient (Wildman–Crippen LogP) is 2.50. The minimum Gasteiger partial charge on any atom is -0.131 e. The first kappa shape index (κ1) is 9.72. The van der Waals surface area contributed by atoms with Crippen LogP contribution in [0.3, 0.4) is 0 Å². The van der Waals surface area contributed by atoms with E-state index in [1.807, 2.05) is 0 Å². The third-order valence-corrected chi connectivity index (χ3v) is 11.0. The molecule has 0 aliphatic heterocycles. The summed E-state index contributed by atoms with van der Waals surface area (Å²) < 4.78 is 0. The number of rotatable bonds is 3. The lowest BCUT2D eigenvalue weighted by atomic mass is 11.7. The van der Waals surface area contributed by atoms with Crippen LogP contribution in [0.2, 0.25) is 31.9 Å². The molecule has 0 rings (SSSR count). The summed E-state index contributed by atoms with van der Waals surface area (Å²) in [7, 11) is -1.24. The van der Waals surface area contributed by atoms with Gasteiger partial charge in [-0.15, -0.1) is 11.6 Å². The Morgan fingerprint density at radius 3 is 1.89 bits per heavy atom. The maximum Gasteiger partial charge on any atom is 0.0484 e. The molecule has 0 saturated heterocycles. The fraction of sp³-hybridized carbons (Fsp3) is 1.00. The zero-order valence-corrected chi connectivity index (χ0v) is 9.78. The first-order chi connectivity index (χ1) is 3.95. The summed E-state index contributed by atoms with van der Waals surface area (Å²) in [4.78, 5) is 0. The molecule has 0 aliphatic rings. The average Bonchev–Trinajstić information content (AvgIpc) is 1.62. The summed E-state index contributed by atoms with van der Waals surface area (Å²) in [6.07, 6.45) is 0. The molecular weight excluding hydrogens is 164 g/mol. The van der Waals surface area contributed by atoms with Crippen molar-refractivity contribution in [1.82, 2.24) is 0 Å². The summed E-state index contributed by atoms with van der Waals surface area (Å²) >= 11 is 5.74. The maximum atomic E-state index is 5.74. The molecule has 3 heteroatoms. The van der Waals surface area contributed by atoms with E-state index in [2.05, 4.69) is 26.2 Å². The molecule has 0 aliphatic carbocycles. The van der Waals surface area contributed by atoms with Crippen molar-refractivity contribution in [1.29, 1.82) is 0 Å². The van der Waals surface area contributed by atoms with Crippen molar-refractivity contribution in [2.45, 2.75) is 31.9 Å². The van der Waals surface area contributed by atoms with Crippen LogP contribution >= 0.6 is 11.6 Å². The number of hydrogen-bond acceptors (Lipinski definition) is 0. The van der Waals surface area contributed by atoms with Crippen LogP contribution in [0.25, 0.3) is 0 Å². The zero-order chi connectivity index (χ0) is 7.49. The Bertz CT molecular complexity index is 77.6. The van der Waals surface area contributed by atoms with Crippen LogP contribution in [0.4, 0.5) is 0 Å². The molecule has 0 amide bonds. The maximum absolute atomic E-state index is 5.74. The van der Waals surface area contributed by atoms with Gasteiger partial charge in [0.05, 0.1) is 0 Å². The highest BCUT2D eigenvalue weighted by atomic mass is 35.5. The molecule has 0 spiro atoms. The topological polar surface area (TPSA) is 0 Å². The Hall–Kier alpha value is 0.724. The SMILES string of the molecule is C[SiH](CCl)C[Si](C)(C)C. The van der Waals surface area contributed by atoms with Crippen LogP contribution in [0, 0.1) is 0 Å². The van der Waals surface area contributed by atoms with Gasteiger partial charge in [0.25, 0.3) is 0 Å². The molecule has 0 nitrogen and oxygen atoms in total. The molecular formula is C6H17ClSi2. The third-order valence-electron chi connectivity index (χ3n) is 1.22. The second-order valence-corrected chi connectivity index (χ2v) is 14.2. The third kappa shape index (κ3) is 6.61. The summed E-state index contributed by atoms with van der Waals surface area (Å²) in [5.74, 6) is 0. The van der Waals surface area contributed by atoms with Crippen LogP contribution in [0.15, 0.2) is 0 Å². The van der Waals surface area contributed by atoms with Crippen molar-refractivity contribution in [3.63, 3.8) is 0 Å². The number of halogens is 1. The first-order valence-electron chi connectivity index (χ1n) is 3.51. The summed E-state index contributed by atoms with van der Waals surface area (Å²) in [5, 5.41) is 0. The molecule has 0 N–H and O–H groups in total. The van der Waals surface area contributed by atoms with Gasteiger partial charge in [-0.1, -0.05) is 31.9 Å². The Balaban J connectivity index is 3.47. The van der Waals surface area contributed by atoms with Crippen LogP contribution in [0.1, 0.15) is 0 Å². The minimum absolute atomic E-state index is 0.479. The van der Waals surface area contributed by atoms with Crippen molar-refractivity contribution in [2.75, 3.05) is 5.50 Å². The van der Waals surface area contributed by atoms with Crippen molar-refractivity contribution in [2.24, 2.45) is 0 Å². The van der Waals surface area contributed by atoms with E-state index in [4.69, 9.17) is 11.6 Å². The second kappa shape index (κ2) is 3.79. The van der Waals surface area contributed by atoms with Crippen LogP contribution < -0.4 is 0 Å². The van der Waals surface area contributed by atoms with Gasteiger partial charge in [-0.05, 0) is 0 Å². The summed E-state index contributed by atoms with van der Waals surface area (Å²) in [5.41, 5.74) is 2.46. The van der Waals surface area contributed by atoms with E-state index in [1.54, 1.807) is 0 Å². The van der Waals surface area contributed by atoms with Gasteiger partial charge in [0.2, 0.25) is 0 Å². The normalized spacial score (nSPS) is 15.7. The Morgan fingerprint density at radius 2 is 1.78 bits per heavy atom. The lowest BCUT2D eigenvalue weighted by Crippen LogP contribution is -2.28. The molecule has 1 atom stereocenters. The van der Waals surface area contributed by atoms with E-state index in [9.17, 15) is 0 Å². The van der Waals surface area contributed by atoms with E-state index >= 15 is 0 Å². The Labute approximate surface area is 66.2 Å². The highest BCUT2D eigenvalue weighted by Crippen LogP contribution is 2.10. The molecule has 0 aromatic carbocycles. The molecule has 0 radical (unpaired) electrons. The van der Waals surface area contributed by atoms with E-state index in [0.29, 0.717) is 0 Å². The Kier molecular flexibility index (Phi) is 4.09. The van der Waals surface area contributed by atoms with Crippen molar-refractivity contribution >= 4 is 28.5 Å². The monoisotopic (exact) mass is 180 g/mol. The lowest BCUT2D eigenvalue weighted by Gasteiger charge is -2.18. The fourth-order valence-electron chi connectivity index (χ4n) is 1.10. The predicted molar refractivity (Wildman–Crippen MR) is 51.9 cm³/mol. The van der Waals surface area contributed by atoms with E-state index in [1.165, 1.54) is 5.67 Å². The molecule has 0 bridgehead atoms. The molecule has 0 aromatic rings. The summed E-state index contributed by atoms with van der Waals surface area (Å²) in [6, 6.07) is 0. The largest absolute Gasteiger partial charge is 0.131 e. The molecule has 9 heavy (non-hydrogen) atoms. The van der Waals surface area contributed by atoms with Crippen molar-refractivity contribution in [3.8, 4) is 0 Å². The smallest absolute Gasteiger partial charge is 0.0484 e. The van der Waals surface area contributed by atoms with Gasteiger partial charge in [0.15, 0.2) is 0 Å². The molecule has 0 fully saturated rings. The first-order valence-corrected chi connectivity index (χ1v) is 10.5. The highest BCUT2D eigenvalue weighted by Gasteiger charge is 2.16. The molecule has 0 saturated carbocycles. The van der Waals surface area contributed by atoms with Gasteiger partial charge in [0, 0.05) is 22.4 Å². The van der Waals surface area contributed by atoms with Gasteiger partial charge in [0.1, 0.15) is 0 Å². The van der Waals surface area contributed by atoms with Gasteiger partial charge in [-0.3, -0.25) is 0 Å². The molecule has 0 aromatic heterocycles. The zero-order valence-electron chi connectivity index (χ0n) is 6.87. The van der Waals surface area contributed by atoms with Gasteiger partial charge in [-0.25, -0.2) is 0 Å². The molecule has 0 heterocycles. The number of hydrogen-bond donors (Lipinski definition) is 0. The van der Waals surface area contributed by atoms with Gasteiger partial charge >= 0.3 is 0 Å². The number of alkyl halides is 1. The fourth-order valence-corrected chi connectivity index (χ4v) is 10.9. The average molecular weight is 181 g/mol. The quantitative estimate of drug-likeness (QED) is 0.463.